The molecular weight excluding hydrogens is 382 g/mol. The van der Waals surface area contributed by atoms with Crippen molar-refractivity contribution in [1.29, 1.82) is 0 Å². The van der Waals surface area contributed by atoms with Crippen LogP contribution in [0.25, 0.3) is 16.6 Å². The maximum absolute atomic E-state index is 12.0. The zero-order valence-electron chi connectivity index (χ0n) is 14.6. The molecule has 4 rings (SSSR count). The average Bonchev–Trinajstić information content (AvgIpc) is 3.13. The topological polar surface area (TPSA) is 126 Å². The minimum Gasteiger partial charge on any atom is -0.478 e. The summed E-state index contributed by atoms with van der Waals surface area (Å²) in [6.45, 7) is 0. The van der Waals surface area contributed by atoms with Crippen LogP contribution >= 0.6 is 0 Å². The molecule has 28 heavy (non-hydrogen) atoms. The quantitative estimate of drug-likeness (QED) is 0.471. The fourth-order valence-electron chi connectivity index (χ4n) is 2.93. The lowest BCUT2D eigenvalue weighted by atomic mass is 10.2. The molecule has 0 fully saturated rings. The van der Waals surface area contributed by atoms with E-state index in [1.807, 2.05) is 0 Å². The van der Waals surface area contributed by atoms with Crippen molar-refractivity contribution in [3.05, 3.63) is 60.6 Å². The third-order valence-corrected chi connectivity index (χ3v) is 5.71. The van der Waals surface area contributed by atoms with E-state index in [9.17, 15) is 18.3 Å². The summed E-state index contributed by atoms with van der Waals surface area (Å²) in [7, 11) is -2.26. The van der Waals surface area contributed by atoms with Gasteiger partial charge in [-0.25, -0.2) is 22.9 Å². The molecule has 10 heteroatoms. The van der Waals surface area contributed by atoms with Crippen LogP contribution in [0.5, 0.6) is 0 Å². The van der Waals surface area contributed by atoms with Crippen molar-refractivity contribution in [1.82, 2.24) is 19.1 Å². The first-order chi connectivity index (χ1) is 13.4. The van der Waals surface area contributed by atoms with Gasteiger partial charge in [0.25, 0.3) is 0 Å². The molecule has 0 saturated heterocycles. The van der Waals surface area contributed by atoms with Gasteiger partial charge >= 0.3 is 5.97 Å². The number of carboxylic acid groups (broad SMARTS) is 1. The van der Waals surface area contributed by atoms with Gasteiger partial charge in [0.15, 0.2) is 5.65 Å². The van der Waals surface area contributed by atoms with Crippen molar-refractivity contribution < 1.29 is 18.3 Å². The number of nitrogens with one attached hydrogen (secondary N) is 2. The van der Waals surface area contributed by atoms with Crippen LogP contribution in [0.2, 0.25) is 0 Å². The van der Waals surface area contributed by atoms with E-state index in [2.05, 4.69) is 20.0 Å². The standard InChI is InChI=1S/C18H15N5O4S/c1-19-28(26,27)12-4-2-3-11(9-12)21-16-13-5-7-20-10-15(13)23-8-6-14(18(24)25)17(23)22-16/h2-10,19H,1H3,(H,21,22)(H,24,25). The number of anilines is 2. The van der Waals surface area contributed by atoms with Crippen molar-refractivity contribution in [2.45, 2.75) is 4.90 Å². The normalized spacial score (nSPS) is 11.8. The molecular formula is C18H15N5O4S. The summed E-state index contributed by atoms with van der Waals surface area (Å²) in [5.74, 6) is -0.698. The molecule has 0 aliphatic carbocycles. The van der Waals surface area contributed by atoms with Crippen molar-refractivity contribution in [2.75, 3.05) is 12.4 Å². The Bertz CT molecular complexity index is 1330. The predicted molar refractivity (Wildman–Crippen MR) is 103 cm³/mol. The SMILES string of the molecule is CNS(=O)(=O)c1cccc(Nc2nc3c(C(=O)O)ccn3c3cnccc23)c1. The van der Waals surface area contributed by atoms with E-state index < -0.39 is 16.0 Å². The van der Waals surface area contributed by atoms with Crippen LogP contribution in [0.3, 0.4) is 0 Å². The van der Waals surface area contributed by atoms with E-state index in [0.717, 1.165) is 0 Å². The average molecular weight is 397 g/mol. The van der Waals surface area contributed by atoms with Gasteiger partial charge in [-0.15, -0.1) is 0 Å². The van der Waals surface area contributed by atoms with Crippen molar-refractivity contribution in [3.63, 3.8) is 0 Å². The van der Waals surface area contributed by atoms with Gasteiger partial charge in [0, 0.05) is 23.5 Å². The van der Waals surface area contributed by atoms with Crippen LogP contribution in [0, 0.1) is 0 Å². The molecule has 0 saturated carbocycles. The number of aromatic carboxylic acids is 1. The minimum absolute atomic E-state index is 0.0558. The van der Waals surface area contributed by atoms with Gasteiger partial charge in [0.2, 0.25) is 10.0 Å². The van der Waals surface area contributed by atoms with Crippen LogP contribution in [0.4, 0.5) is 11.5 Å². The molecule has 3 aromatic heterocycles. The second-order valence-electron chi connectivity index (χ2n) is 5.94. The molecule has 0 radical (unpaired) electrons. The molecule has 0 aliphatic heterocycles. The number of pyridine rings is 1. The first-order valence-corrected chi connectivity index (χ1v) is 9.68. The monoisotopic (exact) mass is 397 g/mol. The highest BCUT2D eigenvalue weighted by Gasteiger charge is 2.17. The molecule has 0 atom stereocenters. The number of aromatic nitrogens is 3. The van der Waals surface area contributed by atoms with Crippen molar-refractivity contribution >= 4 is 44.0 Å². The predicted octanol–water partition coefficient (Wildman–Crippen LogP) is 2.23. The van der Waals surface area contributed by atoms with Crippen LogP contribution in [-0.2, 0) is 10.0 Å². The highest BCUT2D eigenvalue weighted by atomic mass is 32.2. The Kier molecular flexibility index (Phi) is 4.21. The molecule has 0 unspecified atom stereocenters. The van der Waals surface area contributed by atoms with E-state index in [1.54, 1.807) is 41.2 Å². The van der Waals surface area contributed by atoms with Crippen LogP contribution in [0.15, 0.2) is 59.9 Å². The molecule has 0 spiro atoms. The zero-order valence-corrected chi connectivity index (χ0v) is 15.4. The molecule has 0 aliphatic rings. The molecule has 3 N–H and O–H groups in total. The first kappa shape index (κ1) is 17.9. The smallest absolute Gasteiger partial charge is 0.339 e. The van der Waals surface area contributed by atoms with Crippen LogP contribution in [-0.4, -0.2) is 40.9 Å². The van der Waals surface area contributed by atoms with Gasteiger partial charge in [0.05, 0.1) is 16.6 Å². The third kappa shape index (κ3) is 2.94. The van der Waals surface area contributed by atoms with E-state index in [1.165, 1.54) is 25.2 Å². The Labute approximate surface area is 159 Å². The van der Waals surface area contributed by atoms with Crippen molar-refractivity contribution in [3.8, 4) is 0 Å². The molecule has 1 aromatic carbocycles. The maximum Gasteiger partial charge on any atom is 0.339 e. The zero-order chi connectivity index (χ0) is 19.9. The summed E-state index contributed by atoms with van der Waals surface area (Å²) in [4.78, 5) is 20.2. The minimum atomic E-state index is -3.60. The Morgan fingerprint density at radius 3 is 2.79 bits per heavy atom. The van der Waals surface area contributed by atoms with Gasteiger partial charge in [-0.3, -0.25) is 9.38 Å². The van der Waals surface area contributed by atoms with Gasteiger partial charge in [-0.1, -0.05) is 6.07 Å². The number of rotatable bonds is 5. The Morgan fingerprint density at radius 1 is 1.21 bits per heavy atom. The number of nitrogens with zero attached hydrogens (tertiary/aromatic N) is 3. The van der Waals surface area contributed by atoms with E-state index in [-0.39, 0.29) is 16.1 Å². The summed E-state index contributed by atoms with van der Waals surface area (Å²) in [5, 5.41) is 13.2. The summed E-state index contributed by atoms with van der Waals surface area (Å²) >= 11 is 0. The van der Waals surface area contributed by atoms with Gasteiger partial charge < -0.3 is 10.4 Å². The summed E-state index contributed by atoms with van der Waals surface area (Å²) in [6.07, 6.45) is 4.84. The highest BCUT2D eigenvalue weighted by Crippen LogP contribution is 2.28. The van der Waals surface area contributed by atoms with Gasteiger partial charge in [-0.05, 0) is 37.4 Å². The van der Waals surface area contributed by atoms with Crippen LogP contribution in [0.1, 0.15) is 10.4 Å². The van der Waals surface area contributed by atoms with Crippen molar-refractivity contribution in [2.24, 2.45) is 0 Å². The fraction of sp³-hybridized carbons (Fsp3) is 0.0556. The highest BCUT2D eigenvalue weighted by molar-refractivity contribution is 7.89. The number of hydrogen-bond donors (Lipinski definition) is 3. The van der Waals surface area contributed by atoms with E-state index >= 15 is 0 Å². The molecule has 4 aromatic rings. The lowest BCUT2D eigenvalue weighted by molar-refractivity contribution is 0.0699. The lowest BCUT2D eigenvalue weighted by Crippen LogP contribution is -2.18. The number of fused-ring (bicyclic) bond motifs is 3. The summed E-state index contributed by atoms with van der Waals surface area (Å²) in [6, 6.07) is 9.48. The fourth-order valence-corrected chi connectivity index (χ4v) is 3.71. The number of carboxylic acids is 1. The largest absolute Gasteiger partial charge is 0.478 e. The summed E-state index contributed by atoms with van der Waals surface area (Å²) < 4.78 is 28.0. The van der Waals surface area contributed by atoms with E-state index in [0.29, 0.717) is 22.4 Å². The summed E-state index contributed by atoms with van der Waals surface area (Å²) in [5.41, 5.74) is 1.48. The Morgan fingerprint density at radius 2 is 2.04 bits per heavy atom. The van der Waals surface area contributed by atoms with E-state index in [4.69, 9.17) is 0 Å². The number of sulfonamides is 1. The maximum atomic E-state index is 12.0. The van der Waals surface area contributed by atoms with Crippen LogP contribution < -0.4 is 10.0 Å². The van der Waals surface area contributed by atoms with Gasteiger partial charge in [-0.2, -0.15) is 0 Å². The molecule has 3 heterocycles. The second kappa shape index (κ2) is 6.59. The van der Waals surface area contributed by atoms with Gasteiger partial charge in [0.1, 0.15) is 11.4 Å². The third-order valence-electron chi connectivity index (χ3n) is 4.30. The number of benzene rings is 1. The number of carbonyl (C=O) groups is 1. The number of hydrogen-bond acceptors (Lipinski definition) is 6. The Balaban J connectivity index is 1.90. The molecule has 0 bridgehead atoms. The Hall–Kier alpha value is -3.50. The second-order valence-corrected chi connectivity index (χ2v) is 7.83. The molecule has 142 valence electrons. The first-order valence-electron chi connectivity index (χ1n) is 8.19. The lowest BCUT2D eigenvalue weighted by Gasteiger charge is -2.12. The molecule has 0 amide bonds. The molecule has 9 nitrogen and oxygen atoms in total.